The monoisotopic (exact) mass is 368 g/mol. The molecule has 144 valence electrons. The standard InChI is InChI=1S/C21H28N4O2/c1-23(2)21(27)19-16-18(26)8-9-20(19)22-10-11-24-12-14-25(15-13-24)17-6-4-3-5-7-17/h3-9,16,22,26H,10-15H2,1-2H3. The zero-order chi connectivity index (χ0) is 19.2. The average molecular weight is 368 g/mol. The van der Waals surface area contributed by atoms with Crippen molar-refractivity contribution < 1.29 is 9.90 Å². The molecule has 0 atom stereocenters. The molecule has 0 saturated carbocycles. The Morgan fingerprint density at radius 1 is 1.07 bits per heavy atom. The van der Waals surface area contributed by atoms with E-state index in [0.29, 0.717) is 5.56 Å². The Balaban J connectivity index is 1.50. The molecule has 6 nitrogen and oxygen atoms in total. The second-order valence-electron chi connectivity index (χ2n) is 7.02. The van der Waals surface area contributed by atoms with Crippen molar-refractivity contribution in [3.63, 3.8) is 0 Å². The summed E-state index contributed by atoms with van der Waals surface area (Å²) in [5.74, 6) is -0.0207. The van der Waals surface area contributed by atoms with Gasteiger partial charge < -0.3 is 20.2 Å². The largest absolute Gasteiger partial charge is 0.508 e. The fourth-order valence-corrected chi connectivity index (χ4v) is 3.32. The number of nitrogens with zero attached hydrogens (tertiary/aromatic N) is 3. The summed E-state index contributed by atoms with van der Waals surface area (Å²) in [6.07, 6.45) is 0. The molecule has 1 aliphatic heterocycles. The fraction of sp³-hybridized carbons (Fsp3) is 0.381. The lowest BCUT2D eigenvalue weighted by Gasteiger charge is -2.36. The smallest absolute Gasteiger partial charge is 0.255 e. The van der Waals surface area contributed by atoms with Gasteiger partial charge in [0.05, 0.1) is 5.56 Å². The van der Waals surface area contributed by atoms with Crippen LogP contribution in [0.15, 0.2) is 48.5 Å². The Morgan fingerprint density at radius 2 is 1.78 bits per heavy atom. The van der Waals surface area contributed by atoms with Gasteiger partial charge in [0.2, 0.25) is 0 Å². The third-order valence-electron chi connectivity index (χ3n) is 4.88. The minimum absolute atomic E-state index is 0.0998. The molecule has 2 N–H and O–H groups in total. The normalized spacial score (nSPS) is 14.8. The van der Waals surface area contributed by atoms with E-state index in [2.05, 4.69) is 39.4 Å². The lowest BCUT2D eigenvalue weighted by molar-refractivity contribution is 0.0828. The molecule has 27 heavy (non-hydrogen) atoms. The molecular weight excluding hydrogens is 340 g/mol. The van der Waals surface area contributed by atoms with Crippen molar-refractivity contribution in [2.45, 2.75) is 0 Å². The number of amides is 1. The van der Waals surface area contributed by atoms with Gasteiger partial charge in [0, 0.05) is 64.7 Å². The zero-order valence-electron chi connectivity index (χ0n) is 16.1. The Bertz CT molecular complexity index is 756. The summed E-state index contributed by atoms with van der Waals surface area (Å²) in [5, 5.41) is 13.1. The Labute approximate surface area is 161 Å². The van der Waals surface area contributed by atoms with Crippen molar-refractivity contribution in [2.75, 3.05) is 63.6 Å². The summed E-state index contributed by atoms with van der Waals surface area (Å²) in [4.78, 5) is 18.7. The van der Waals surface area contributed by atoms with E-state index in [-0.39, 0.29) is 11.7 Å². The Morgan fingerprint density at radius 3 is 2.44 bits per heavy atom. The number of piperazine rings is 1. The van der Waals surface area contributed by atoms with Crippen LogP contribution in [0.2, 0.25) is 0 Å². The molecule has 1 heterocycles. The van der Waals surface area contributed by atoms with Gasteiger partial charge in [0.25, 0.3) is 5.91 Å². The van der Waals surface area contributed by atoms with Crippen molar-refractivity contribution in [1.82, 2.24) is 9.80 Å². The maximum atomic E-state index is 12.3. The lowest BCUT2D eigenvalue weighted by Crippen LogP contribution is -2.47. The molecule has 0 unspecified atom stereocenters. The van der Waals surface area contributed by atoms with E-state index >= 15 is 0 Å². The average Bonchev–Trinajstić information content (AvgIpc) is 2.69. The number of benzene rings is 2. The molecule has 1 amide bonds. The molecular formula is C21H28N4O2. The van der Waals surface area contributed by atoms with Crippen LogP contribution in [0.5, 0.6) is 5.75 Å². The number of phenolic OH excluding ortho intramolecular Hbond substituents is 1. The van der Waals surface area contributed by atoms with Gasteiger partial charge in [-0.05, 0) is 30.3 Å². The van der Waals surface area contributed by atoms with Crippen molar-refractivity contribution in [1.29, 1.82) is 0 Å². The number of anilines is 2. The quantitative estimate of drug-likeness (QED) is 0.767. The van der Waals surface area contributed by atoms with Crippen molar-refractivity contribution >= 4 is 17.3 Å². The first-order chi connectivity index (χ1) is 13.0. The van der Waals surface area contributed by atoms with Crippen LogP contribution in [0, 0.1) is 0 Å². The van der Waals surface area contributed by atoms with E-state index in [1.165, 1.54) is 16.7 Å². The summed E-state index contributed by atoms with van der Waals surface area (Å²) >= 11 is 0. The predicted octanol–water partition coefficient (Wildman–Crippen LogP) is 2.33. The Hall–Kier alpha value is -2.73. The van der Waals surface area contributed by atoms with Crippen LogP contribution in [0.1, 0.15) is 10.4 Å². The summed E-state index contributed by atoms with van der Waals surface area (Å²) in [5.41, 5.74) is 2.54. The topological polar surface area (TPSA) is 59.1 Å². The molecule has 0 spiro atoms. The van der Waals surface area contributed by atoms with Gasteiger partial charge in [0.1, 0.15) is 5.75 Å². The van der Waals surface area contributed by atoms with E-state index in [9.17, 15) is 9.90 Å². The summed E-state index contributed by atoms with van der Waals surface area (Å²) in [6, 6.07) is 15.4. The molecule has 0 aromatic heterocycles. The molecule has 2 aromatic rings. The number of para-hydroxylation sites is 1. The van der Waals surface area contributed by atoms with E-state index in [1.54, 1.807) is 26.2 Å². The lowest BCUT2D eigenvalue weighted by atomic mass is 10.1. The van der Waals surface area contributed by atoms with Crippen molar-refractivity contribution in [2.24, 2.45) is 0 Å². The third kappa shape index (κ3) is 4.92. The van der Waals surface area contributed by atoms with Crippen LogP contribution in [-0.2, 0) is 0 Å². The van der Waals surface area contributed by atoms with Crippen LogP contribution in [0.3, 0.4) is 0 Å². The fourth-order valence-electron chi connectivity index (χ4n) is 3.32. The first kappa shape index (κ1) is 19.0. The van der Waals surface area contributed by atoms with Crippen molar-refractivity contribution in [3.05, 3.63) is 54.1 Å². The molecule has 0 bridgehead atoms. The van der Waals surface area contributed by atoms with Crippen LogP contribution in [-0.4, -0.2) is 74.2 Å². The number of aromatic hydroxyl groups is 1. The summed E-state index contributed by atoms with van der Waals surface area (Å²) in [6.45, 7) is 5.76. The third-order valence-corrected chi connectivity index (χ3v) is 4.88. The number of carbonyl (C=O) groups excluding carboxylic acids is 1. The molecule has 1 fully saturated rings. The highest BCUT2D eigenvalue weighted by Crippen LogP contribution is 2.22. The molecule has 0 radical (unpaired) electrons. The van der Waals surface area contributed by atoms with E-state index in [0.717, 1.165) is 45.0 Å². The van der Waals surface area contributed by atoms with E-state index in [4.69, 9.17) is 0 Å². The number of hydrogen-bond donors (Lipinski definition) is 2. The van der Waals surface area contributed by atoms with Crippen LogP contribution in [0.25, 0.3) is 0 Å². The second kappa shape index (κ2) is 8.77. The Kier molecular flexibility index (Phi) is 6.19. The highest BCUT2D eigenvalue weighted by atomic mass is 16.3. The van der Waals surface area contributed by atoms with E-state index < -0.39 is 0 Å². The summed E-state index contributed by atoms with van der Waals surface area (Å²) < 4.78 is 0. The number of nitrogens with one attached hydrogen (secondary N) is 1. The van der Waals surface area contributed by atoms with Gasteiger partial charge >= 0.3 is 0 Å². The molecule has 3 rings (SSSR count). The van der Waals surface area contributed by atoms with Gasteiger partial charge in [-0.2, -0.15) is 0 Å². The molecule has 0 aliphatic carbocycles. The van der Waals surface area contributed by atoms with Gasteiger partial charge in [0.15, 0.2) is 0 Å². The van der Waals surface area contributed by atoms with Gasteiger partial charge in [-0.15, -0.1) is 0 Å². The highest BCUT2D eigenvalue weighted by Gasteiger charge is 2.18. The van der Waals surface area contributed by atoms with Gasteiger partial charge in [-0.1, -0.05) is 18.2 Å². The predicted molar refractivity (Wildman–Crippen MR) is 110 cm³/mol. The first-order valence-electron chi connectivity index (χ1n) is 9.35. The maximum Gasteiger partial charge on any atom is 0.255 e. The number of rotatable bonds is 6. The van der Waals surface area contributed by atoms with Crippen LogP contribution < -0.4 is 10.2 Å². The maximum absolute atomic E-state index is 12.3. The molecule has 1 saturated heterocycles. The minimum Gasteiger partial charge on any atom is -0.508 e. The highest BCUT2D eigenvalue weighted by molar-refractivity contribution is 5.99. The van der Waals surface area contributed by atoms with Gasteiger partial charge in [-0.25, -0.2) is 0 Å². The van der Waals surface area contributed by atoms with Gasteiger partial charge in [-0.3, -0.25) is 9.69 Å². The first-order valence-corrected chi connectivity index (χ1v) is 9.35. The number of carbonyl (C=O) groups is 1. The minimum atomic E-state index is -0.120. The summed E-state index contributed by atoms with van der Waals surface area (Å²) in [7, 11) is 3.42. The SMILES string of the molecule is CN(C)C(=O)c1cc(O)ccc1NCCN1CCN(c2ccccc2)CC1. The second-order valence-corrected chi connectivity index (χ2v) is 7.02. The van der Waals surface area contributed by atoms with Crippen LogP contribution in [0.4, 0.5) is 11.4 Å². The van der Waals surface area contributed by atoms with Crippen molar-refractivity contribution in [3.8, 4) is 5.75 Å². The van der Waals surface area contributed by atoms with E-state index in [1.807, 2.05) is 6.07 Å². The number of hydrogen-bond acceptors (Lipinski definition) is 5. The number of phenols is 1. The molecule has 1 aliphatic rings. The molecule has 2 aromatic carbocycles. The van der Waals surface area contributed by atoms with Crippen LogP contribution >= 0.6 is 0 Å². The molecule has 6 heteroatoms. The zero-order valence-corrected chi connectivity index (χ0v) is 16.1.